The van der Waals surface area contributed by atoms with Gasteiger partial charge < -0.3 is 19.7 Å². The van der Waals surface area contributed by atoms with Gasteiger partial charge in [-0.2, -0.15) is 0 Å². The summed E-state index contributed by atoms with van der Waals surface area (Å²) < 4.78 is 10.9. The van der Waals surface area contributed by atoms with Crippen LogP contribution in [0.3, 0.4) is 0 Å². The summed E-state index contributed by atoms with van der Waals surface area (Å²) in [4.78, 5) is 55.2. The van der Waals surface area contributed by atoms with Crippen LogP contribution in [-0.4, -0.2) is 118 Å². The summed E-state index contributed by atoms with van der Waals surface area (Å²) in [5.74, 6) is -0.208. The minimum absolute atomic E-state index is 0.158. The van der Waals surface area contributed by atoms with E-state index >= 15 is 0 Å². The van der Waals surface area contributed by atoms with E-state index in [-0.39, 0.29) is 23.1 Å². The van der Waals surface area contributed by atoms with Crippen molar-refractivity contribution in [1.29, 1.82) is 0 Å². The highest BCUT2D eigenvalue weighted by molar-refractivity contribution is 7.17. The Kier molecular flexibility index (Phi) is 67.7. The molecule has 18 heteroatoms. The molecule has 12 rings (SSSR count). The molecule has 2 saturated heterocycles. The Balaban J connectivity index is 0. The highest BCUT2D eigenvalue weighted by Crippen LogP contribution is 2.35. The Labute approximate surface area is 810 Å². The van der Waals surface area contributed by atoms with Gasteiger partial charge in [-0.15, -0.1) is 73.9 Å². The zero-order valence-corrected chi connectivity index (χ0v) is 94.2. The topological polar surface area (TPSA) is 134 Å². The van der Waals surface area contributed by atoms with E-state index in [0.29, 0.717) is 37.6 Å². The Morgan fingerprint density at radius 1 is 0.238 bits per heavy atom. The first-order valence-corrected chi connectivity index (χ1v) is 54.1. The van der Waals surface area contributed by atoms with Crippen LogP contribution in [0.4, 0.5) is 0 Å². The van der Waals surface area contributed by atoms with E-state index in [0.717, 1.165) is 126 Å². The number of ketones is 4. The van der Waals surface area contributed by atoms with Gasteiger partial charge in [0.05, 0.1) is 37.5 Å². The number of Topliss-reactive ketones (excluding diaryl/α,β-unsaturated/α-hetero) is 4. The number of rotatable bonds is 24. The number of nitrogens with zero attached hydrogens (tertiary/aromatic N) is 2. The molecule has 10 aromatic rings. The molecule has 8 unspecified atom stereocenters. The summed E-state index contributed by atoms with van der Waals surface area (Å²) in [7, 11) is 22.4. The average molecular weight is 1920 g/mol. The molecule has 2 N–H and O–H groups in total. The van der Waals surface area contributed by atoms with Crippen molar-refractivity contribution < 1.29 is 38.9 Å². The quantitative estimate of drug-likeness (QED) is 0.0445. The maximum absolute atomic E-state index is 13.2. The van der Waals surface area contributed by atoms with Crippen molar-refractivity contribution in [3.63, 3.8) is 0 Å². The molecular formula is C112H170N2O8P8. The molecule has 2 heterocycles. The first-order valence-electron chi connectivity index (χ1n) is 47.6. The number of ether oxygens (including phenoxy) is 2. The maximum Gasteiger partial charge on any atom is 0.193 e. The lowest BCUT2D eigenvalue weighted by molar-refractivity contribution is -0.00442. The van der Waals surface area contributed by atoms with Gasteiger partial charge in [0.25, 0.3) is 0 Å². The number of carbonyl (C=O) groups excluding carboxylic acids is 4. The van der Waals surface area contributed by atoms with Gasteiger partial charge in [0.1, 0.15) is 11.2 Å². The number of morpholine rings is 2. The smallest absolute Gasteiger partial charge is 0.193 e. The van der Waals surface area contributed by atoms with E-state index in [9.17, 15) is 29.4 Å². The molecule has 0 spiro atoms. The third-order valence-electron chi connectivity index (χ3n) is 20.7. The van der Waals surface area contributed by atoms with Crippen LogP contribution >= 0.6 is 73.9 Å². The van der Waals surface area contributed by atoms with Gasteiger partial charge in [-0.1, -0.05) is 351 Å². The third-order valence-corrected chi connectivity index (χ3v) is 24.3. The molecule has 0 aromatic heterocycles. The molecule has 130 heavy (non-hydrogen) atoms. The third kappa shape index (κ3) is 39.1. The van der Waals surface area contributed by atoms with Crippen LogP contribution in [0.2, 0.25) is 0 Å². The van der Waals surface area contributed by atoms with Crippen molar-refractivity contribution in [2.75, 3.05) is 52.6 Å². The molecular weight excluding hydrogens is 1750 g/mol. The van der Waals surface area contributed by atoms with Gasteiger partial charge in [0, 0.05) is 48.4 Å². The number of hydrogen-bond donors (Lipinski definition) is 2. The highest BCUT2D eigenvalue weighted by Gasteiger charge is 2.38. The van der Waals surface area contributed by atoms with Crippen LogP contribution in [0.5, 0.6) is 0 Å². The summed E-state index contributed by atoms with van der Waals surface area (Å²) in [5, 5.41) is 19.8. The van der Waals surface area contributed by atoms with E-state index in [2.05, 4.69) is 229 Å². The lowest BCUT2D eigenvalue weighted by atomic mass is 9.90. The molecule has 0 aliphatic carbocycles. The molecule has 0 bridgehead atoms. The van der Waals surface area contributed by atoms with Crippen LogP contribution in [0.1, 0.15) is 280 Å². The monoisotopic (exact) mass is 1920 g/mol. The lowest BCUT2D eigenvalue weighted by Crippen LogP contribution is -2.54. The van der Waals surface area contributed by atoms with E-state index in [1.807, 2.05) is 221 Å². The average Bonchev–Trinajstić information content (AvgIpc) is 0.800. The van der Waals surface area contributed by atoms with Gasteiger partial charge in [0.2, 0.25) is 0 Å². The van der Waals surface area contributed by atoms with E-state index in [1.165, 1.54) is 100 Å². The molecule has 0 saturated carbocycles. The molecule has 0 radical (unpaired) electrons. The fourth-order valence-corrected chi connectivity index (χ4v) is 16.8. The van der Waals surface area contributed by atoms with Gasteiger partial charge >= 0.3 is 0 Å². The molecule has 2 aliphatic rings. The SMILES string of the molecule is CC.CC.CC.CC.CC.CC.CC.CC.CC.CC.CC(C)(C(=O)c1ccc(-c2ccc(-c3ccc(CP)c(CP)c3)cc2)cc1)N1CCOCC1.CC(C)(C(=O)c1ccc(-c2ccc(CP)c(CP)c2)cc1)N1CCOCC1.CC(C)(O)C(=O)c1ccc(-c2ccc(-c3ccc(CP)c(CP)c3)cc2)cc1.CC(C)(O)C(=O)c1cccc(-c2ccc(CP)c(CP)c2)c1. The first kappa shape index (κ1) is 126. The zero-order valence-electron chi connectivity index (χ0n) is 85.0. The lowest BCUT2D eigenvalue weighted by Gasteiger charge is -2.39. The summed E-state index contributed by atoms with van der Waals surface area (Å²) in [6.07, 6.45) is 7.60. The maximum atomic E-state index is 13.2. The Bertz CT molecular complexity index is 4760. The van der Waals surface area contributed by atoms with Crippen LogP contribution in [-0.2, 0) is 58.8 Å². The predicted molar refractivity (Wildman–Crippen MR) is 602 cm³/mol. The van der Waals surface area contributed by atoms with Gasteiger partial charge in [-0.3, -0.25) is 29.0 Å². The summed E-state index contributed by atoms with van der Waals surface area (Å²) >= 11 is 0. The van der Waals surface area contributed by atoms with Gasteiger partial charge in [0.15, 0.2) is 23.1 Å². The number of aliphatic hydroxyl groups is 2. The predicted octanol–water partition coefficient (Wildman–Crippen LogP) is 30.5. The van der Waals surface area contributed by atoms with E-state index in [1.54, 1.807) is 18.2 Å². The Morgan fingerprint density at radius 3 is 0.631 bits per heavy atom. The minimum atomic E-state index is -1.36. The Hall–Kier alpha value is -5.92. The molecule has 10 nitrogen and oxygen atoms in total. The molecule has 10 aromatic carbocycles. The van der Waals surface area contributed by atoms with Crippen LogP contribution in [0.25, 0.3) is 66.8 Å². The van der Waals surface area contributed by atoms with Gasteiger partial charge in [-0.05, 0) is 222 Å². The molecule has 2 fully saturated rings. The standard InChI is InChI=1S/C28H33NO2P2.C24H26O2P2.C22H29NO2P2.C18H22O2P2.10C2H6/c1-28(2,29-13-15-31-16-14-29)27(30)23-9-7-21(8-10-23)20-3-5-22(6-4-20)24-11-12-25(18-32)26(17-24)19-33;1-24(2,26)23(25)19-9-7-17(8-10-19)16-3-5-18(6-4-16)20-11-12-21(14-27)22(13-20)15-28;1-22(2,23-9-11-25-12-10-23)21(24)17-5-3-16(4-6-17)18-7-8-19(14-26)20(13-18)15-27;1-18(2,20)17(19)14-5-3-4-12(8-14)13-6-7-15(10-21)16(9-13)11-22;10*1-2/h3-12,17H,13-16,18-19,32-33H2,1-2H3;3-13,26H,14-15,27-28H2,1-2H3;3-8,13H,9-12,14-15,26-27H2,1-2H3;3-9,20H,10-11,21-22H2,1-2H3;10*1-2H3. The minimum Gasteiger partial charge on any atom is -0.382 e. The summed E-state index contributed by atoms with van der Waals surface area (Å²) in [6, 6.07) is 74.4. The van der Waals surface area contributed by atoms with Crippen molar-refractivity contribution in [2.45, 2.75) is 265 Å². The highest BCUT2D eigenvalue weighted by atomic mass is 31.0. The van der Waals surface area contributed by atoms with Crippen molar-refractivity contribution >= 4 is 97.1 Å². The molecule has 8 atom stereocenters. The summed E-state index contributed by atoms with van der Waals surface area (Å²) in [5.41, 5.74) is 23.3. The normalized spacial score (nSPS) is 11.9. The second-order valence-corrected chi connectivity index (χ2v) is 33.1. The number of hydrogen-bond acceptors (Lipinski definition) is 10. The van der Waals surface area contributed by atoms with Crippen molar-refractivity contribution in [2.24, 2.45) is 0 Å². The fraction of sp³-hybridized carbons (Fsp3) is 0.429. The Morgan fingerprint density at radius 2 is 0.415 bits per heavy atom. The first-order chi connectivity index (χ1) is 62.6. The largest absolute Gasteiger partial charge is 0.382 e. The molecule has 0 amide bonds. The number of benzene rings is 10. The van der Waals surface area contributed by atoms with E-state index in [4.69, 9.17) is 9.47 Å². The van der Waals surface area contributed by atoms with Gasteiger partial charge in [-0.25, -0.2) is 0 Å². The fourth-order valence-electron chi connectivity index (χ4n) is 13.7. The van der Waals surface area contributed by atoms with E-state index < -0.39 is 22.3 Å². The van der Waals surface area contributed by atoms with Crippen molar-refractivity contribution in [3.05, 3.63) is 285 Å². The van der Waals surface area contributed by atoms with Crippen molar-refractivity contribution in [1.82, 2.24) is 9.80 Å². The zero-order chi connectivity index (χ0) is 99.5. The second kappa shape index (κ2) is 69.8. The van der Waals surface area contributed by atoms with Crippen LogP contribution < -0.4 is 0 Å². The van der Waals surface area contributed by atoms with Crippen LogP contribution in [0.15, 0.2) is 218 Å². The second-order valence-electron chi connectivity index (χ2n) is 29.8. The molecule has 2 aliphatic heterocycles. The number of carbonyl (C=O) groups is 4. The summed E-state index contributed by atoms with van der Waals surface area (Å²) in [6.45, 7) is 60.1. The van der Waals surface area contributed by atoms with Crippen molar-refractivity contribution in [3.8, 4) is 66.8 Å². The molecule has 716 valence electrons. The van der Waals surface area contributed by atoms with Crippen LogP contribution in [0, 0.1) is 0 Å².